The van der Waals surface area contributed by atoms with Crippen LogP contribution >= 0.6 is 0 Å². The fourth-order valence-corrected chi connectivity index (χ4v) is 1.49. The van der Waals surface area contributed by atoms with Crippen molar-refractivity contribution in [2.45, 2.75) is 53.0 Å². The van der Waals surface area contributed by atoms with Gasteiger partial charge in [0.25, 0.3) is 0 Å². The van der Waals surface area contributed by atoms with Crippen molar-refractivity contribution in [2.75, 3.05) is 7.05 Å². The molecular weight excluding hydrogens is 162 g/mol. The van der Waals surface area contributed by atoms with Crippen molar-refractivity contribution in [1.82, 2.24) is 5.32 Å². The van der Waals surface area contributed by atoms with Crippen molar-refractivity contribution in [3.05, 3.63) is 0 Å². The Hall–Kier alpha value is -0.370. The molecule has 1 N–H and O–H groups in total. The van der Waals surface area contributed by atoms with E-state index in [0.717, 1.165) is 12.8 Å². The van der Waals surface area contributed by atoms with Gasteiger partial charge in [-0.3, -0.25) is 4.79 Å². The van der Waals surface area contributed by atoms with Crippen LogP contribution in [0, 0.1) is 5.41 Å². The maximum atomic E-state index is 11.3. The number of carbonyl (C=O) groups excluding carboxylic acids is 1. The van der Waals surface area contributed by atoms with Gasteiger partial charge in [0.1, 0.15) is 5.78 Å². The normalized spacial score (nSPS) is 16.8. The maximum Gasteiger partial charge on any atom is 0.135 e. The largest absolute Gasteiger partial charge is 0.315 e. The monoisotopic (exact) mass is 185 g/mol. The van der Waals surface area contributed by atoms with E-state index in [4.69, 9.17) is 0 Å². The van der Waals surface area contributed by atoms with E-state index in [2.05, 4.69) is 19.2 Å². The van der Waals surface area contributed by atoms with Gasteiger partial charge in [-0.1, -0.05) is 20.8 Å². The maximum absolute atomic E-state index is 11.3. The van der Waals surface area contributed by atoms with Crippen LogP contribution in [0.5, 0.6) is 0 Å². The first-order valence-electron chi connectivity index (χ1n) is 4.97. The van der Waals surface area contributed by atoms with Gasteiger partial charge >= 0.3 is 0 Å². The second-order valence-corrected chi connectivity index (χ2v) is 4.78. The van der Waals surface area contributed by atoms with E-state index in [1.54, 1.807) is 6.92 Å². The van der Waals surface area contributed by atoms with Crippen molar-refractivity contribution in [3.63, 3.8) is 0 Å². The molecule has 1 atom stereocenters. The Morgan fingerprint density at radius 1 is 1.31 bits per heavy atom. The minimum atomic E-state index is -0.215. The number of Topliss-reactive ketones (excluding diaryl/α,β-unsaturated/α-hetero) is 1. The standard InChI is InChI=1S/C11H23NO/c1-7-11(5,12-6)8-10(3,4)9(2)13/h12H,7-8H2,1-6H3/t11-/m1/s1. The van der Waals surface area contributed by atoms with E-state index in [9.17, 15) is 4.79 Å². The minimum absolute atomic E-state index is 0.0785. The summed E-state index contributed by atoms with van der Waals surface area (Å²) in [7, 11) is 1.96. The van der Waals surface area contributed by atoms with Gasteiger partial charge in [-0.15, -0.1) is 0 Å². The first-order valence-corrected chi connectivity index (χ1v) is 4.97. The van der Waals surface area contributed by atoms with Gasteiger partial charge < -0.3 is 5.32 Å². The van der Waals surface area contributed by atoms with Gasteiger partial charge in [0.05, 0.1) is 0 Å². The second kappa shape index (κ2) is 4.23. The molecular formula is C11H23NO. The highest BCUT2D eigenvalue weighted by Crippen LogP contribution is 2.30. The molecule has 0 saturated heterocycles. The van der Waals surface area contributed by atoms with E-state index < -0.39 is 0 Å². The molecule has 13 heavy (non-hydrogen) atoms. The third-order valence-corrected chi connectivity index (χ3v) is 3.17. The smallest absolute Gasteiger partial charge is 0.135 e. The Labute approximate surface area is 82.1 Å². The lowest BCUT2D eigenvalue weighted by atomic mass is 9.76. The lowest BCUT2D eigenvalue weighted by molar-refractivity contribution is -0.126. The Bertz CT molecular complexity index is 181. The third kappa shape index (κ3) is 3.47. The fraction of sp³-hybridized carbons (Fsp3) is 0.909. The van der Waals surface area contributed by atoms with Crippen molar-refractivity contribution in [3.8, 4) is 0 Å². The van der Waals surface area contributed by atoms with Crippen LogP contribution in [-0.4, -0.2) is 18.4 Å². The molecule has 0 fully saturated rings. The molecule has 0 aromatic carbocycles. The topological polar surface area (TPSA) is 29.1 Å². The predicted molar refractivity (Wildman–Crippen MR) is 56.8 cm³/mol. The average molecular weight is 185 g/mol. The van der Waals surface area contributed by atoms with Crippen molar-refractivity contribution in [2.24, 2.45) is 5.41 Å². The summed E-state index contributed by atoms with van der Waals surface area (Å²) in [6, 6.07) is 0. The zero-order valence-corrected chi connectivity index (χ0v) is 9.82. The van der Waals surface area contributed by atoms with Gasteiger partial charge in [0.15, 0.2) is 0 Å². The SMILES string of the molecule is CC[C@](C)(CC(C)(C)C(C)=O)NC. The summed E-state index contributed by atoms with van der Waals surface area (Å²) in [5, 5.41) is 3.29. The average Bonchev–Trinajstić information content (AvgIpc) is 2.03. The Balaban J connectivity index is 4.48. The van der Waals surface area contributed by atoms with Gasteiger partial charge in [-0.05, 0) is 33.7 Å². The minimum Gasteiger partial charge on any atom is -0.315 e. The number of hydrogen-bond donors (Lipinski definition) is 1. The highest BCUT2D eigenvalue weighted by atomic mass is 16.1. The van der Waals surface area contributed by atoms with Crippen LogP contribution in [0.1, 0.15) is 47.5 Å². The van der Waals surface area contributed by atoms with Gasteiger partial charge in [0, 0.05) is 11.0 Å². The van der Waals surface area contributed by atoms with Crippen LogP contribution in [-0.2, 0) is 4.79 Å². The summed E-state index contributed by atoms with van der Waals surface area (Å²) < 4.78 is 0. The molecule has 0 aliphatic rings. The number of nitrogens with one attached hydrogen (secondary N) is 1. The predicted octanol–water partition coefficient (Wildman–Crippen LogP) is 2.38. The zero-order chi connectivity index (χ0) is 10.7. The molecule has 0 bridgehead atoms. The summed E-state index contributed by atoms with van der Waals surface area (Å²) in [5.41, 5.74) is -0.136. The molecule has 0 aromatic rings. The Morgan fingerprint density at radius 2 is 1.77 bits per heavy atom. The molecule has 0 amide bonds. The molecule has 0 saturated carbocycles. The highest BCUT2D eigenvalue weighted by Gasteiger charge is 2.32. The summed E-state index contributed by atoms with van der Waals surface area (Å²) in [6.07, 6.45) is 1.93. The number of hydrogen-bond acceptors (Lipinski definition) is 2. The lowest BCUT2D eigenvalue weighted by Crippen LogP contribution is -2.44. The third-order valence-electron chi connectivity index (χ3n) is 3.17. The molecule has 2 heteroatoms. The zero-order valence-electron chi connectivity index (χ0n) is 9.82. The van der Waals surface area contributed by atoms with E-state index in [-0.39, 0.29) is 16.7 Å². The van der Waals surface area contributed by atoms with Crippen molar-refractivity contribution < 1.29 is 4.79 Å². The van der Waals surface area contributed by atoms with Crippen LogP contribution in [0.25, 0.3) is 0 Å². The van der Waals surface area contributed by atoms with Crippen LogP contribution in [0.3, 0.4) is 0 Å². The quantitative estimate of drug-likeness (QED) is 0.712. The molecule has 0 aromatic heterocycles. The summed E-state index contributed by atoms with van der Waals surface area (Å²) in [4.78, 5) is 11.3. The molecule has 0 heterocycles. The Kier molecular flexibility index (Phi) is 4.11. The van der Waals surface area contributed by atoms with Gasteiger partial charge in [-0.25, -0.2) is 0 Å². The summed E-state index contributed by atoms with van der Waals surface area (Å²) in [5.74, 6) is 0.266. The van der Waals surface area contributed by atoms with E-state index in [1.165, 1.54) is 0 Å². The lowest BCUT2D eigenvalue weighted by Gasteiger charge is -2.35. The first kappa shape index (κ1) is 12.6. The highest BCUT2D eigenvalue weighted by molar-refractivity contribution is 5.81. The van der Waals surface area contributed by atoms with Crippen molar-refractivity contribution >= 4 is 5.78 Å². The number of rotatable bonds is 5. The first-order chi connectivity index (χ1) is 5.77. The molecule has 0 rings (SSSR count). The molecule has 0 unspecified atom stereocenters. The van der Waals surface area contributed by atoms with Crippen LogP contribution in [0.2, 0.25) is 0 Å². The summed E-state index contributed by atoms with van der Waals surface area (Å²) in [6.45, 7) is 10.0. The molecule has 0 radical (unpaired) electrons. The van der Waals surface area contributed by atoms with Crippen LogP contribution < -0.4 is 5.32 Å². The van der Waals surface area contributed by atoms with Crippen LogP contribution in [0.4, 0.5) is 0 Å². The molecule has 0 spiro atoms. The van der Waals surface area contributed by atoms with Gasteiger partial charge in [0.2, 0.25) is 0 Å². The molecule has 0 aliphatic heterocycles. The fourth-order valence-electron chi connectivity index (χ4n) is 1.49. The van der Waals surface area contributed by atoms with E-state index >= 15 is 0 Å². The Morgan fingerprint density at radius 3 is 2.00 bits per heavy atom. The van der Waals surface area contributed by atoms with E-state index in [0.29, 0.717) is 0 Å². The van der Waals surface area contributed by atoms with Gasteiger partial charge in [-0.2, -0.15) is 0 Å². The second-order valence-electron chi connectivity index (χ2n) is 4.78. The number of ketones is 1. The van der Waals surface area contributed by atoms with E-state index in [1.807, 2.05) is 20.9 Å². The number of carbonyl (C=O) groups is 1. The van der Waals surface area contributed by atoms with Crippen LogP contribution in [0.15, 0.2) is 0 Å². The van der Waals surface area contributed by atoms with Crippen molar-refractivity contribution in [1.29, 1.82) is 0 Å². The summed E-state index contributed by atoms with van der Waals surface area (Å²) >= 11 is 0. The molecule has 2 nitrogen and oxygen atoms in total. The molecule has 78 valence electrons. The molecule has 0 aliphatic carbocycles.